The van der Waals surface area contributed by atoms with Crippen LogP contribution in [-0.2, 0) is 4.79 Å². The molecule has 0 aromatic heterocycles. The van der Waals surface area contributed by atoms with Crippen molar-refractivity contribution in [1.82, 2.24) is 0 Å². The molecule has 0 aromatic rings. The van der Waals surface area contributed by atoms with E-state index < -0.39 is 0 Å². The lowest BCUT2D eigenvalue weighted by molar-refractivity contribution is -0.125. The zero-order valence-corrected chi connectivity index (χ0v) is 9.72. The molecule has 1 aliphatic carbocycles. The van der Waals surface area contributed by atoms with E-state index in [9.17, 15) is 4.79 Å². The number of Topliss-reactive ketones (excluding diaryl/α,β-unsaturated/α-hetero) is 1. The van der Waals surface area contributed by atoms with Gasteiger partial charge in [-0.25, -0.2) is 0 Å². The van der Waals surface area contributed by atoms with Gasteiger partial charge in [0.15, 0.2) is 0 Å². The molecule has 0 aliphatic heterocycles. The normalized spacial score (nSPS) is 27.6. The summed E-state index contributed by atoms with van der Waals surface area (Å²) in [4.78, 5) is 11.9. The van der Waals surface area contributed by atoms with E-state index in [4.69, 9.17) is 0 Å². The van der Waals surface area contributed by atoms with Crippen LogP contribution in [0.15, 0.2) is 0 Å². The lowest BCUT2D eigenvalue weighted by atomic mass is 9.77. The van der Waals surface area contributed by atoms with E-state index in [0.717, 1.165) is 19.3 Å². The van der Waals surface area contributed by atoms with Gasteiger partial charge in [0, 0.05) is 12.3 Å². The largest absolute Gasteiger partial charge is 0.299 e. The van der Waals surface area contributed by atoms with Crippen molar-refractivity contribution >= 4 is 5.78 Å². The van der Waals surface area contributed by atoms with E-state index in [1.807, 2.05) is 0 Å². The Labute approximate surface area is 88.3 Å². The fourth-order valence-electron chi connectivity index (χ4n) is 2.53. The van der Waals surface area contributed by atoms with E-state index in [2.05, 4.69) is 13.8 Å². The summed E-state index contributed by atoms with van der Waals surface area (Å²) in [6.45, 7) is 4.44. The molecule has 1 nitrogen and oxygen atoms in total. The van der Waals surface area contributed by atoms with E-state index in [0.29, 0.717) is 17.6 Å². The molecule has 0 amide bonds. The first-order valence-corrected chi connectivity index (χ1v) is 6.28. The minimum Gasteiger partial charge on any atom is -0.299 e. The number of ketones is 1. The van der Waals surface area contributed by atoms with Crippen LogP contribution in [0.5, 0.6) is 0 Å². The molecule has 82 valence electrons. The molecular weight excluding hydrogens is 172 g/mol. The van der Waals surface area contributed by atoms with Crippen LogP contribution in [0.3, 0.4) is 0 Å². The molecule has 14 heavy (non-hydrogen) atoms. The highest BCUT2D eigenvalue weighted by molar-refractivity contribution is 5.81. The van der Waals surface area contributed by atoms with Crippen LogP contribution in [0.1, 0.15) is 65.2 Å². The third-order valence-corrected chi connectivity index (χ3v) is 3.55. The van der Waals surface area contributed by atoms with Crippen LogP contribution in [0, 0.1) is 11.8 Å². The van der Waals surface area contributed by atoms with Crippen LogP contribution in [0.4, 0.5) is 0 Å². The summed E-state index contributed by atoms with van der Waals surface area (Å²) in [5.41, 5.74) is 0. The molecule has 0 N–H and O–H groups in total. The fourth-order valence-corrected chi connectivity index (χ4v) is 2.53. The maximum Gasteiger partial charge on any atom is 0.136 e. The lowest BCUT2D eigenvalue weighted by Gasteiger charge is -2.27. The van der Waals surface area contributed by atoms with Crippen LogP contribution >= 0.6 is 0 Å². The molecule has 2 atom stereocenters. The SMILES string of the molecule is CCCCCC(=O)[C@H]1CCCC[C@@H]1C. The standard InChI is InChI=1S/C13H24O/c1-3-4-5-10-13(14)12-9-7-6-8-11(12)2/h11-12H,3-10H2,1-2H3/t11-,12-/m0/s1. The van der Waals surface area contributed by atoms with Gasteiger partial charge in [0.1, 0.15) is 5.78 Å². The van der Waals surface area contributed by atoms with Crippen LogP contribution in [0.25, 0.3) is 0 Å². The maximum atomic E-state index is 11.9. The summed E-state index contributed by atoms with van der Waals surface area (Å²) in [5.74, 6) is 1.60. The molecule has 1 saturated carbocycles. The third-order valence-electron chi connectivity index (χ3n) is 3.55. The second-order valence-corrected chi connectivity index (χ2v) is 4.79. The highest BCUT2D eigenvalue weighted by Crippen LogP contribution is 2.31. The second-order valence-electron chi connectivity index (χ2n) is 4.79. The smallest absolute Gasteiger partial charge is 0.136 e. The Morgan fingerprint density at radius 2 is 1.93 bits per heavy atom. The Hall–Kier alpha value is -0.330. The summed E-state index contributed by atoms with van der Waals surface area (Å²) in [7, 11) is 0. The number of rotatable bonds is 5. The molecule has 0 heterocycles. The van der Waals surface area contributed by atoms with Crippen molar-refractivity contribution in [2.24, 2.45) is 11.8 Å². The lowest BCUT2D eigenvalue weighted by Crippen LogP contribution is -2.25. The van der Waals surface area contributed by atoms with Gasteiger partial charge >= 0.3 is 0 Å². The van der Waals surface area contributed by atoms with Crippen molar-refractivity contribution in [1.29, 1.82) is 0 Å². The van der Waals surface area contributed by atoms with Gasteiger partial charge in [0.05, 0.1) is 0 Å². The van der Waals surface area contributed by atoms with Crippen molar-refractivity contribution in [3.8, 4) is 0 Å². The Morgan fingerprint density at radius 1 is 1.21 bits per heavy atom. The average Bonchev–Trinajstić information content (AvgIpc) is 2.18. The van der Waals surface area contributed by atoms with Crippen LogP contribution < -0.4 is 0 Å². The van der Waals surface area contributed by atoms with Gasteiger partial charge in [-0.3, -0.25) is 4.79 Å². The number of carbonyl (C=O) groups is 1. The summed E-state index contributed by atoms with van der Waals surface area (Å²) in [6.07, 6.45) is 9.41. The van der Waals surface area contributed by atoms with Crippen molar-refractivity contribution in [3.63, 3.8) is 0 Å². The highest BCUT2D eigenvalue weighted by Gasteiger charge is 2.26. The average molecular weight is 196 g/mol. The topological polar surface area (TPSA) is 17.1 Å². The predicted molar refractivity (Wildman–Crippen MR) is 60.3 cm³/mol. The minimum absolute atomic E-state index is 0.403. The van der Waals surface area contributed by atoms with Gasteiger partial charge in [-0.1, -0.05) is 46.0 Å². The Bertz CT molecular complexity index is 174. The first-order chi connectivity index (χ1) is 6.75. The van der Waals surface area contributed by atoms with Crippen molar-refractivity contribution in [3.05, 3.63) is 0 Å². The Morgan fingerprint density at radius 3 is 2.57 bits per heavy atom. The molecule has 0 bridgehead atoms. The van der Waals surface area contributed by atoms with Crippen LogP contribution in [-0.4, -0.2) is 5.78 Å². The first kappa shape index (κ1) is 11.7. The molecule has 1 fully saturated rings. The van der Waals surface area contributed by atoms with Crippen LogP contribution in [0.2, 0.25) is 0 Å². The molecule has 0 saturated heterocycles. The zero-order chi connectivity index (χ0) is 10.4. The fraction of sp³-hybridized carbons (Fsp3) is 0.923. The van der Waals surface area contributed by atoms with Gasteiger partial charge in [0.25, 0.3) is 0 Å². The molecule has 0 aromatic carbocycles. The molecular formula is C13H24O. The van der Waals surface area contributed by atoms with Gasteiger partial charge in [-0.05, 0) is 18.8 Å². The summed E-state index contributed by atoms with van der Waals surface area (Å²) in [6, 6.07) is 0. The molecule has 1 rings (SSSR count). The molecule has 0 unspecified atom stereocenters. The minimum atomic E-state index is 0.403. The van der Waals surface area contributed by atoms with Crippen molar-refractivity contribution < 1.29 is 4.79 Å². The second kappa shape index (κ2) is 6.21. The number of hydrogen-bond donors (Lipinski definition) is 0. The highest BCUT2D eigenvalue weighted by atomic mass is 16.1. The summed E-state index contributed by atoms with van der Waals surface area (Å²) >= 11 is 0. The van der Waals surface area contributed by atoms with Gasteiger partial charge in [-0.2, -0.15) is 0 Å². The first-order valence-electron chi connectivity index (χ1n) is 6.28. The van der Waals surface area contributed by atoms with Gasteiger partial charge in [-0.15, -0.1) is 0 Å². The maximum absolute atomic E-state index is 11.9. The molecule has 1 heteroatoms. The number of unbranched alkanes of at least 4 members (excludes halogenated alkanes) is 2. The van der Waals surface area contributed by atoms with Crippen molar-refractivity contribution in [2.75, 3.05) is 0 Å². The van der Waals surface area contributed by atoms with Gasteiger partial charge in [0.2, 0.25) is 0 Å². The predicted octanol–water partition coefficient (Wildman–Crippen LogP) is 3.96. The van der Waals surface area contributed by atoms with E-state index in [-0.39, 0.29) is 0 Å². The summed E-state index contributed by atoms with van der Waals surface area (Å²) in [5, 5.41) is 0. The third kappa shape index (κ3) is 3.43. The quantitative estimate of drug-likeness (QED) is 0.608. The van der Waals surface area contributed by atoms with Gasteiger partial charge < -0.3 is 0 Å². The summed E-state index contributed by atoms with van der Waals surface area (Å²) < 4.78 is 0. The molecule has 1 aliphatic rings. The van der Waals surface area contributed by atoms with E-state index in [1.165, 1.54) is 32.1 Å². The monoisotopic (exact) mass is 196 g/mol. The van der Waals surface area contributed by atoms with E-state index >= 15 is 0 Å². The number of carbonyl (C=O) groups excluding carboxylic acids is 1. The van der Waals surface area contributed by atoms with Crippen molar-refractivity contribution in [2.45, 2.75) is 65.2 Å². The zero-order valence-electron chi connectivity index (χ0n) is 9.72. The number of hydrogen-bond acceptors (Lipinski definition) is 1. The Balaban J connectivity index is 2.27. The molecule has 0 radical (unpaired) electrons. The molecule has 0 spiro atoms. The van der Waals surface area contributed by atoms with E-state index in [1.54, 1.807) is 0 Å². The Kier molecular flexibility index (Phi) is 5.21.